The Hall–Kier alpha value is 0.708. The fraction of sp³-hybridized carbons (Fsp3) is 1.00. The van der Waals surface area contributed by atoms with Gasteiger partial charge < -0.3 is 17.7 Å². The molecule has 0 aromatic rings. The maximum Gasteiger partial charge on any atom is 0.279 e. The Bertz CT molecular complexity index is 203. The molecule has 0 fully saturated rings. The SMILES string of the molecule is CC(O[SiH](C)C)C(O[SiH3])(O[SiH](C)C)O[SiH](C)C. The van der Waals surface area contributed by atoms with Crippen molar-refractivity contribution in [1.29, 1.82) is 0 Å². The molecule has 1 unspecified atom stereocenters. The van der Waals surface area contributed by atoms with Crippen molar-refractivity contribution in [2.45, 2.75) is 58.3 Å². The Labute approximate surface area is 114 Å². The molecule has 0 aromatic carbocycles. The predicted octanol–water partition coefficient (Wildman–Crippen LogP) is 0.326. The molecule has 0 aliphatic carbocycles. The summed E-state index contributed by atoms with van der Waals surface area (Å²) in [6.07, 6.45) is -0.142. The summed E-state index contributed by atoms with van der Waals surface area (Å²) < 4.78 is 23.7. The van der Waals surface area contributed by atoms with Gasteiger partial charge in [-0.2, -0.15) is 0 Å². The number of hydrogen-bond acceptors (Lipinski definition) is 4. The zero-order valence-corrected chi connectivity index (χ0v) is 17.9. The van der Waals surface area contributed by atoms with Crippen LogP contribution >= 0.6 is 0 Å². The quantitative estimate of drug-likeness (QED) is 0.478. The van der Waals surface area contributed by atoms with Crippen LogP contribution < -0.4 is 0 Å². The number of rotatable bonds is 8. The molecule has 17 heavy (non-hydrogen) atoms. The van der Waals surface area contributed by atoms with E-state index < -0.39 is 33.1 Å². The van der Waals surface area contributed by atoms with Gasteiger partial charge in [0.15, 0.2) is 37.6 Å². The topological polar surface area (TPSA) is 36.9 Å². The van der Waals surface area contributed by atoms with Crippen LogP contribution in [0, 0.1) is 0 Å². The second-order valence-corrected chi connectivity index (χ2v) is 12.4. The van der Waals surface area contributed by atoms with Crippen LogP contribution in [-0.4, -0.2) is 49.7 Å². The van der Waals surface area contributed by atoms with Crippen LogP contribution in [0.2, 0.25) is 39.3 Å². The molecule has 0 spiro atoms. The van der Waals surface area contributed by atoms with E-state index in [0.29, 0.717) is 10.5 Å². The molecule has 0 rings (SSSR count). The Kier molecular flexibility index (Phi) is 8.33. The van der Waals surface area contributed by atoms with Gasteiger partial charge in [-0.1, -0.05) is 0 Å². The van der Waals surface area contributed by atoms with Crippen molar-refractivity contribution in [1.82, 2.24) is 0 Å². The Balaban J connectivity index is 4.88. The third kappa shape index (κ3) is 6.43. The van der Waals surface area contributed by atoms with Gasteiger partial charge in [-0.05, 0) is 46.2 Å². The second kappa shape index (κ2) is 7.99. The molecule has 0 radical (unpaired) electrons. The van der Waals surface area contributed by atoms with Gasteiger partial charge in [-0.3, -0.25) is 0 Å². The first kappa shape index (κ1) is 17.7. The minimum absolute atomic E-state index is 0.142. The highest BCUT2D eigenvalue weighted by atomic mass is 28.3. The minimum Gasteiger partial charge on any atom is -0.410 e. The molecule has 0 amide bonds. The van der Waals surface area contributed by atoms with Crippen molar-refractivity contribution in [2.75, 3.05) is 0 Å². The van der Waals surface area contributed by atoms with Gasteiger partial charge in [0.05, 0.1) is 0 Å². The third-order valence-electron chi connectivity index (χ3n) is 2.06. The molecule has 8 heteroatoms. The Morgan fingerprint density at radius 1 is 0.882 bits per heavy atom. The molecular weight excluding hydrogens is 284 g/mol. The normalized spacial score (nSPS) is 15.2. The molecule has 0 bridgehead atoms. The predicted molar refractivity (Wildman–Crippen MR) is 83.1 cm³/mol. The molecule has 0 saturated carbocycles. The van der Waals surface area contributed by atoms with Gasteiger partial charge in [-0.25, -0.2) is 0 Å². The smallest absolute Gasteiger partial charge is 0.279 e. The molecule has 4 nitrogen and oxygen atoms in total. The fourth-order valence-electron chi connectivity index (χ4n) is 1.63. The van der Waals surface area contributed by atoms with Crippen molar-refractivity contribution >= 4 is 37.6 Å². The summed E-state index contributed by atoms with van der Waals surface area (Å²) in [5.41, 5.74) is 0. The zero-order chi connectivity index (χ0) is 13.6. The molecule has 0 aliphatic rings. The molecule has 0 aromatic heterocycles. The van der Waals surface area contributed by atoms with E-state index in [1.807, 2.05) is 6.92 Å². The highest BCUT2D eigenvalue weighted by molar-refractivity contribution is 6.50. The summed E-state index contributed by atoms with van der Waals surface area (Å²) in [4.78, 5) is 0. The summed E-state index contributed by atoms with van der Waals surface area (Å²) in [6.45, 7) is 14.8. The van der Waals surface area contributed by atoms with Crippen molar-refractivity contribution in [3.8, 4) is 0 Å². The first-order valence-electron chi connectivity index (χ1n) is 6.29. The summed E-state index contributed by atoms with van der Waals surface area (Å²) >= 11 is 0. The second-order valence-electron chi connectivity index (χ2n) is 4.97. The van der Waals surface area contributed by atoms with Crippen LogP contribution in [0.1, 0.15) is 6.92 Å². The molecule has 0 saturated heterocycles. The van der Waals surface area contributed by atoms with E-state index in [-0.39, 0.29) is 6.10 Å². The summed E-state index contributed by atoms with van der Waals surface area (Å²) in [5.74, 6) is -0.926. The first-order chi connectivity index (χ1) is 7.73. The standard InChI is InChI=1S/C9H28O4Si4/c1-8(10-15(2)3)9(11-14,12-16(4)5)13-17(6)7/h8,15-17H,1-7,14H3. The summed E-state index contributed by atoms with van der Waals surface area (Å²) in [6, 6.07) is 0. The summed E-state index contributed by atoms with van der Waals surface area (Å²) in [7, 11) is -3.03. The van der Waals surface area contributed by atoms with Crippen molar-refractivity contribution in [3.05, 3.63) is 0 Å². The van der Waals surface area contributed by atoms with Crippen molar-refractivity contribution in [2.24, 2.45) is 0 Å². The van der Waals surface area contributed by atoms with Crippen molar-refractivity contribution < 1.29 is 17.7 Å². The van der Waals surface area contributed by atoms with E-state index in [9.17, 15) is 0 Å². The molecular formula is C9H28O4Si4. The maximum absolute atomic E-state index is 6.02. The fourth-order valence-corrected chi connectivity index (χ4v) is 5.63. The van der Waals surface area contributed by atoms with Gasteiger partial charge in [0, 0.05) is 0 Å². The van der Waals surface area contributed by atoms with Crippen LogP contribution in [0.25, 0.3) is 0 Å². The van der Waals surface area contributed by atoms with Crippen LogP contribution in [-0.2, 0) is 17.7 Å². The lowest BCUT2D eigenvalue weighted by Gasteiger charge is -2.41. The summed E-state index contributed by atoms with van der Waals surface area (Å²) in [5, 5.41) is 0. The van der Waals surface area contributed by atoms with Crippen LogP contribution in [0.5, 0.6) is 0 Å². The Morgan fingerprint density at radius 3 is 1.53 bits per heavy atom. The van der Waals surface area contributed by atoms with Gasteiger partial charge in [0.1, 0.15) is 6.10 Å². The van der Waals surface area contributed by atoms with Gasteiger partial charge in [0.2, 0.25) is 0 Å². The van der Waals surface area contributed by atoms with E-state index in [4.69, 9.17) is 17.7 Å². The minimum atomic E-state index is -1.24. The van der Waals surface area contributed by atoms with E-state index in [0.717, 1.165) is 0 Å². The maximum atomic E-state index is 6.02. The van der Waals surface area contributed by atoms with Crippen LogP contribution in [0.15, 0.2) is 0 Å². The van der Waals surface area contributed by atoms with E-state index in [1.54, 1.807) is 0 Å². The highest BCUT2D eigenvalue weighted by Gasteiger charge is 2.41. The molecule has 104 valence electrons. The monoisotopic (exact) mass is 312 g/mol. The molecule has 0 aliphatic heterocycles. The number of hydrogen-bond donors (Lipinski definition) is 0. The van der Waals surface area contributed by atoms with E-state index >= 15 is 0 Å². The average molecular weight is 313 g/mol. The Morgan fingerprint density at radius 2 is 1.29 bits per heavy atom. The van der Waals surface area contributed by atoms with Crippen LogP contribution in [0.3, 0.4) is 0 Å². The molecule has 0 N–H and O–H groups in total. The first-order valence-corrected chi connectivity index (χ1v) is 15.5. The molecule has 1 atom stereocenters. The largest absolute Gasteiger partial charge is 0.410 e. The van der Waals surface area contributed by atoms with Crippen LogP contribution in [0.4, 0.5) is 0 Å². The van der Waals surface area contributed by atoms with Gasteiger partial charge in [0.25, 0.3) is 5.97 Å². The lowest BCUT2D eigenvalue weighted by atomic mass is 10.3. The average Bonchev–Trinajstić information content (AvgIpc) is 2.13. The third-order valence-corrected chi connectivity index (χ3v) is 5.18. The zero-order valence-electron chi connectivity index (χ0n) is 12.4. The van der Waals surface area contributed by atoms with E-state index in [2.05, 4.69) is 39.3 Å². The van der Waals surface area contributed by atoms with Gasteiger partial charge in [-0.15, -0.1) is 0 Å². The van der Waals surface area contributed by atoms with Gasteiger partial charge >= 0.3 is 0 Å². The lowest BCUT2D eigenvalue weighted by molar-refractivity contribution is -0.298. The lowest BCUT2D eigenvalue weighted by Crippen LogP contribution is -2.54. The van der Waals surface area contributed by atoms with Crippen molar-refractivity contribution in [3.63, 3.8) is 0 Å². The van der Waals surface area contributed by atoms with E-state index in [1.165, 1.54) is 0 Å². The highest BCUT2D eigenvalue weighted by Crippen LogP contribution is 2.24. The molecule has 0 heterocycles.